The van der Waals surface area contributed by atoms with Crippen molar-refractivity contribution >= 4 is 28.6 Å². The zero-order valence-electron chi connectivity index (χ0n) is 16.6. The van der Waals surface area contributed by atoms with Crippen molar-refractivity contribution in [1.29, 1.82) is 0 Å². The molecular weight excluding hydrogens is 396 g/mol. The van der Waals surface area contributed by atoms with Gasteiger partial charge in [-0.3, -0.25) is 4.79 Å². The van der Waals surface area contributed by atoms with Crippen molar-refractivity contribution in [2.24, 2.45) is 0 Å². The molecule has 152 valence electrons. The first-order valence-corrected chi connectivity index (χ1v) is 10.6. The van der Waals surface area contributed by atoms with Gasteiger partial charge >= 0.3 is 0 Å². The molecule has 4 aromatic rings. The van der Waals surface area contributed by atoms with E-state index in [9.17, 15) is 4.79 Å². The van der Waals surface area contributed by atoms with Crippen LogP contribution in [0.3, 0.4) is 0 Å². The second-order valence-corrected chi connectivity index (χ2v) is 7.74. The van der Waals surface area contributed by atoms with Crippen molar-refractivity contribution in [3.8, 4) is 11.4 Å². The van der Waals surface area contributed by atoms with Crippen LogP contribution in [-0.4, -0.2) is 23.1 Å². The molecule has 0 bridgehead atoms. The number of carbonyl (C=O) groups is 1. The molecule has 30 heavy (non-hydrogen) atoms. The maximum Gasteiger partial charge on any atom is 0.227 e. The molecule has 2 aromatic carbocycles. The third-order valence-corrected chi connectivity index (χ3v) is 5.35. The number of rotatable bonds is 8. The summed E-state index contributed by atoms with van der Waals surface area (Å²) in [6.45, 7) is 0.824. The highest BCUT2D eigenvalue weighted by atomic mass is 32.1. The van der Waals surface area contributed by atoms with Crippen LogP contribution < -0.4 is 10.2 Å². The van der Waals surface area contributed by atoms with Crippen molar-refractivity contribution in [2.75, 3.05) is 17.3 Å². The number of hydrogen-bond acceptors (Lipinski definition) is 6. The number of aromatic nitrogens is 2. The Balaban J connectivity index is 1.27. The largest absolute Gasteiger partial charge is 0.370 e. The molecule has 0 atom stereocenters. The summed E-state index contributed by atoms with van der Waals surface area (Å²) in [6.07, 6.45) is 0.682. The quantitative estimate of drug-likeness (QED) is 0.436. The number of hydrogen-bond donors (Lipinski definition) is 1. The molecule has 0 aliphatic heterocycles. The molecule has 0 unspecified atom stereocenters. The average Bonchev–Trinajstić information content (AvgIpc) is 3.45. The third kappa shape index (κ3) is 5.12. The highest BCUT2D eigenvalue weighted by Gasteiger charge is 2.11. The van der Waals surface area contributed by atoms with Gasteiger partial charge in [0.15, 0.2) is 0 Å². The van der Waals surface area contributed by atoms with Crippen molar-refractivity contribution in [2.45, 2.75) is 19.4 Å². The van der Waals surface area contributed by atoms with E-state index in [2.05, 4.69) is 39.5 Å². The number of carbonyl (C=O) groups excluding carboxylic acids is 1. The fourth-order valence-electron chi connectivity index (χ4n) is 3.06. The monoisotopic (exact) mass is 418 g/mol. The summed E-state index contributed by atoms with van der Waals surface area (Å²) in [7, 11) is 2.05. The number of benzene rings is 2. The molecule has 6 nitrogen and oxygen atoms in total. The number of nitrogens with one attached hydrogen (secondary N) is 1. The van der Waals surface area contributed by atoms with Gasteiger partial charge in [0.2, 0.25) is 17.6 Å². The van der Waals surface area contributed by atoms with E-state index >= 15 is 0 Å². The molecule has 0 spiro atoms. The van der Waals surface area contributed by atoms with Gasteiger partial charge < -0.3 is 14.7 Å². The molecule has 1 N–H and O–H groups in total. The highest BCUT2D eigenvalue weighted by Crippen LogP contribution is 2.20. The minimum absolute atomic E-state index is 0.0873. The van der Waals surface area contributed by atoms with E-state index in [1.165, 1.54) is 5.56 Å². The summed E-state index contributed by atoms with van der Waals surface area (Å²) in [5, 5.41) is 10.8. The van der Waals surface area contributed by atoms with Gasteiger partial charge in [-0.2, -0.15) is 16.3 Å². The minimum atomic E-state index is -0.0873. The van der Waals surface area contributed by atoms with E-state index in [-0.39, 0.29) is 12.3 Å². The highest BCUT2D eigenvalue weighted by molar-refractivity contribution is 7.08. The van der Waals surface area contributed by atoms with Crippen molar-refractivity contribution < 1.29 is 9.32 Å². The fourth-order valence-corrected chi connectivity index (χ4v) is 3.69. The summed E-state index contributed by atoms with van der Waals surface area (Å²) in [4.78, 5) is 18.8. The van der Waals surface area contributed by atoms with Crippen LogP contribution in [0, 0.1) is 0 Å². The Morgan fingerprint density at radius 3 is 2.63 bits per heavy atom. The smallest absolute Gasteiger partial charge is 0.227 e. The summed E-state index contributed by atoms with van der Waals surface area (Å²) in [6, 6.07) is 20.1. The number of amides is 1. The predicted molar refractivity (Wildman–Crippen MR) is 120 cm³/mol. The maximum absolute atomic E-state index is 12.3. The fraction of sp³-hybridized carbons (Fsp3) is 0.174. The molecule has 1 amide bonds. The molecule has 4 rings (SSSR count). The van der Waals surface area contributed by atoms with E-state index in [0.29, 0.717) is 18.1 Å². The first kappa shape index (κ1) is 19.8. The number of anilines is 2. The van der Waals surface area contributed by atoms with Crippen LogP contribution in [0.2, 0.25) is 0 Å². The Morgan fingerprint density at radius 1 is 1.10 bits per heavy atom. The first-order valence-electron chi connectivity index (χ1n) is 9.67. The molecule has 0 fully saturated rings. The number of nitrogens with zero attached hydrogens (tertiary/aromatic N) is 3. The SMILES string of the molecule is CN(Cc1ccccc1)c1ccc(NC(=O)CCc2nc(-c3ccsc3)no2)cc1. The van der Waals surface area contributed by atoms with Crippen molar-refractivity contribution in [1.82, 2.24) is 10.1 Å². The van der Waals surface area contributed by atoms with Gasteiger partial charge in [-0.25, -0.2) is 0 Å². The van der Waals surface area contributed by atoms with Crippen LogP contribution in [0.4, 0.5) is 11.4 Å². The van der Waals surface area contributed by atoms with Crippen LogP contribution in [0.5, 0.6) is 0 Å². The zero-order valence-corrected chi connectivity index (χ0v) is 17.4. The van der Waals surface area contributed by atoms with E-state index in [4.69, 9.17) is 4.52 Å². The summed E-state index contributed by atoms with van der Waals surface area (Å²) < 4.78 is 5.24. The van der Waals surface area contributed by atoms with Gasteiger partial charge in [0.05, 0.1) is 0 Å². The third-order valence-electron chi connectivity index (χ3n) is 4.67. The van der Waals surface area contributed by atoms with Gasteiger partial charge in [0.1, 0.15) is 0 Å². The lowest BCUT2D eigenvalue weighted by molar-refractivity contribution is -0.116. The Labute approximate surface area is 179 Å². The van der Waals surface area contributed by atoms with E-state index in [1.807, 2.05) is 59.3 Å². The first-order chi connectivity index (χ1) is 14.7. The molecule has 7 heteroatoms. The van der Waals surface area contributed by atoms with Crippen LogP contribution in [0.1, 0.15) is 17.9 Å². The van der Waals surface area contributed by atoms with Crippen LogP contribution >= 0.6 is 11.3 Å². The Hall–Kier alpha value is -3.45. The lowest BCUT2D eigenvalue weighted by Crippen LogP contribution is -2.16. The predicted octanol–water partition coefficient (Wildman–Crippen LogP) is 5.01. The van der Waals surface area contributed by atoms with E-state index in [1.54, 1.807) is 11.3 Å². The average molecular weight is 419 g/mol. The van der Waals surface area contributed by atoms with Crippen LogP contribution in [0.25, 0.3) is 11.4 Å². The molecule has 0 saturated heterocycles. The molecule has 0 saturated carbocycles. The van der Waals surface area contributed by atoms with Gasteiger partial charge in [0.25, 0.3) is 0 Å². The lowest BCUT2D eigenvalue weighted by atomic mass is 10.2. The molecule has 0 aliphatic rings. The number of aryl methyl sites for hydroxylation is 1. The molecular formula is C23H22N4O2S. The normalized spacial score (nSPS) is 10.7. The summed E-state index contributed by atoms with van der Waals surface area (Å²) in [5.74, 6) is 0.932. The van der Waals surface area contributed by atoms with Crippen LogP contribution in [-0.2, 0) is 17.8 Å². The minimum Gasteiger partial charge on any atom is -0.370 e. The van der Waals surface area contributed by atoms with E-state index in [0.717, 1.165) is 23.5 Å². The second kappa shape index (κ2) is 9.37. The summed E-state index contributed by atoms with van der Waals surface area (Å²) in [5.41, 5.74) is 4.03. The Kier molecular flexibility index (Phi) is 6.20. The maximum atomic E-state index is 12.3. The number of thiophene rings is 1. The summed E-state index contributed by atoms with van der Waals surface area (Å²) >= 11 is 1.58. The van der Waals surface area contributed by atoms with Crippen LogP contribution in [0.15, 0.2) is 75.9 Å². The second-order valence-electron chi connectivity index (χ2n) is 6.96. The molecule has 2 heterocycles. The zero-order chi connectivity index (χ0) is 20.8. The lowest BCUT2D eigenvalue weighted by Gasteiger charge is -2.19. The molecule has 2 aromatic heterocycles. The standard InChI is InChI=1S/C23H22N4O2S/c1-27(15-17-5-3-2-4-6-17)20-9-7-19(8-10-20)24-21(28)11-12-22-25-23(26-29-22)18-13-14-30-16-18/h2-10,13-14,16H,11-12,15H2,1H3,(H,24,28). The van der Waals surface area contributed by atoms with Crippen molar-refractivity contribution in [3.63, 3.8) is 0 Å². The molecule has 0 radical (unpaired) electrons. The van der Waals surface area contributed by atoms with Gasteiger partial charge in [-0.05, 0) is 41.3 Å². The van der Waals surface area contributed by atoms with E-state index < -0.39 is 0 Å². The van der Waals surface area contributed by atoms with Gasteiger partial charge in [0, 0.05) is 48.8 Å². The Bertz CT molecular complexity index is 1080. The van der Waals surface area contributed by atoms with Gasteiger partial charge in [-0.15, -0.1) is 0 Å². The van der Waals surface area contributed by atoms with Crippen molar-refractivity contribution in [3.05, 3.63) is 82.9 Å². The molecule has 0 aliphatic carbocycles. The topological polar surface area (TPSA) is 71.3 Å². The van der Waals surface area contributed by atoms with Gasteiger partial charge in [-0.1, -0.05) is 35.5 Å². The Morgan fingerprint density at radius 2 is 1.90 bits per heavy atom.